The molecule has 0 saturated heterocycles. The van der Waals surface area contributed by atoms with Crippen LogP contribution in [0.4, 0.5) is 0 Å². The van der Waals surface area contributed by atoms with Crippen LogP contribution in [0.2, 0.25) is 0 Å². The van der Waals surface area contributed by atoms with Crippen LogP contribution in [0.15, 0.2) is 60.9 Å². The maximum absolute atomic E-state index is 12.9. The first-order valence-electron chi connectivity index (χ1n) is 9.83. The monoisotopic (exact) mass is 400 g/mol. The van der Waals surface area contributed by atoms with Gasteiger partial charge in [0.05, 0.1) is 36.7 Å². The van der Waals surface area contributed by atoms with Gasteiger partial charge in [-0.1, -0.05) is 45.0 Å². The van der Waals surface area contributed by atoms with Gasteiger partial charge in [-0.15, -0.1) is 0 Å². The first-order chi connectivity index (χ1) is 14.4. The number of carbonyl (C=O) groups is 1. The van der Waals surface area contributed by atoms with E-state index in [1.54, 1.807) is 24.0 Å². The molecule has 0 amide bonds. The summed E-state index contributed by atoms with van der Waals surface area (Å²) >= 11 is 0. The molecular formula is C24H24N4O2. The van der Waals surface area contributed by atoms with E-state index in [0.717, 1.165) is 11.3 Å². The van der Waals surface area contributed by atoms with Crippen LogP contribution in [0.3, 0.4) is 0 Å². The topological polar surface area (TPSA) is 69.4 Å². The average molecular weight is 400 g/mol. The highest BCUT2D eigenvalue weighted by Gasteiger charge is 2.17. The van der Waals surface area contributed by atoms with Crippen LogP contribution in [0.1, 0.15) is 42.4 Å². The number of pyridine rings is 1. The molecule has 6 nitrogen and oxygen atoms in total. The van der Waals surface area contributed by atoms with Crippen LogP contribution in [-0.2, 0) is 11.8 Å². The van der Waals surface area contributed by atoms with Gasteiger partial charge in [-0.2, -0.15) is 5.10 Å². The number of benzene rings is 1. The van der Waals surface area contributed by atoms with Crippen LogP contribution < -0.4 is 4.74 Å². The normalized spacial score (nSPS) is 11.6. The standard InChI is InChI=1S/C24H24N4O2/c1-24(2,3)17-9-7-16(8-10-17)21(29)15-18-14-20(28-22(27-18)11-13-26-28)19-6-5-12-25-23(19)30-4/h5-14H,15H2,1-4H3. The van der Waals surface area contributed by atoms with E-state index < -0.39 is 0 Å². The van der Waals surface area contributed by atoms with Crippen molar-refractivity contribution in [3.8, 4) is 17.1 Å². The van der Waals surface area contributed by atoms with E-state index in [4.69, 9.17) is 4.74 Å². The minimum Gasteiger partial charge on any atom is -0.481 e. The zero-order chi connectivity index (χ0) is 21.3. The van der Waals surface area contributed by atoms with Gasteiger partial charge >= 0.3 is 0 Å². The number of hydrogen-bond donors (Lipinski definition) is 0. The van der Waals surface area contributed by atoms with Gasteiger partial charge < -0.3 is 4.74 Å². The van der Waals surface area contributed by atoms with Crippen molar-refractivity contribution >= 4 is 11.4 Å². The summed E-state index contributed by atoms with van der Waals surface area (Å²) in [6.45, 7) is 6.47. The number of carbonyl (C=O) groups excluding carboxylic acids is 1. The predicted molar refractivity (Wildman–Crippen MR) is 116 cm³/mol. The Hall–Kier alpha value is -3.54. The lowest BCUT2D eigenvalue weighted by Crippen LogP contribution is -2.12. The molecule has 0 aliphatic carbocycles. The molecule has 4 rings (SSSR count). The Kier molecular flexibility index (Phi) is 5.08. The number of ether oxygens (including phenoxy) is 1. The molecule has 0 unspecified atom stereocenters. The van der Waals surface area contributed by atoms with Crippen molar-refractivity contribution in [1.29, 1.82) is 0 Å². The number of aromatic nitrogens is 4. The van der Waals surface area contributed by atoms with Crippen LogP contribution in [0.25, 0.3) is 16.9 Å². The molecule has 0 atom stereocenters. The molecule has 30 heavy (non-hydrogen) atoms. The summed E-state index contributed by atoms with van der Waals surface area (Å²) in [7, 11) is 1.58. The van der Waals surface area contributed by atoms with Gasteiger partial charge in [-0.25, -0.2) is 14.5 Å². The molecule has 6 heteroatoms. The Morgan fingerprint density at radius 2 is 1.83 bits per heavy atom. The third kappa shape index (κ3) is 3.81. The zero-order valence-electron chi connectivity index (χ0n) is 17.6. The van der Waals surface area contributed by atoms with Crippen LogP contribution in [-0.4, -0.2) is 32.5 Å². The maximum atomic E-state index is 12.9. The minimum atomic E-state index is 0.0240. The molecule has 0 bridgehead atoms. The molecule has 4 aromatic rings. The summed E-state index contributed by atoms with van der Waals surface area (Å²) in [6, 6.07) is 15.3. The van der Waals surface area contributed by atoms with E-state index in [1.165, 1.54) is 5.56 Å². The van der Waals surface area contributed by atoms with Crippen molar-refractivity contribution in [2.24, 2.45) is 0 Å². The van der Waals surface area contributed by atoms with Gasteiger partial charge in [-0.3, -0.25) is 4.79 Å². The number of Topliss-reactive ketones (excluding diaryl/α,β-unsaturated/α-hetero) is 1. The highest BCUT2D eigenvalue weighted by atomic mass is 16.5. The fraction of sp³-hybridized carbons (Fsp3) is 0.250. The Bertz CT molecular complexity index is 1200. The Morgan fingerprint density at radius 3 is 2.53 bits per heavy atom. The van der Waals surface area contributed by atoms with Gasteiger partial charge in [0.25, 0.3) is 0 Å². The summed E-state index contributed by atoms with van der Waals surface area (Å²) < 4.78 is 7.14. The van der Waals surface area contributed by atoms with Crippen LogP contribution in [0, 0.1) is 0 Å². The lowest BCUT2D eigenvalue weighted by atomic mass is 9.86. The first-order valence-corrected chi connectivity index (χ1v) is 9.83. The fourth-order valence-electron chi connectivity index (χ4n) is 3.42. The second-order valence-electron chi connectivity index (χ2n) is 8.22. The van der Waals surface area contributed by atoms with E-state index >= 15 is 0 Å². The van der Waals surface area contributed by atoms with Gasteiger partial charge in [-0.05, 0) is 29.2 Å². The quantitative estimate of drug-likeness (QED) is 0.461. The van der Waals surface area contributed by atoms with Gasteiger partial charge in [0.15, 0.2) is 11.4 Å². The highest BCUT2D eigenvalue weighted by Crippen LogP contribution is 2.28. The average Bonchev–Trinajstić information content (AvgIpc) is 3.21. The van der Waals surface area contributed by atoms with Crippen LogP contribution >= 0.6 is 0 Å². The molecule has 0 radical (unpaired) electrons. The molecule has 152 valence electrons. The largest absolute Gasteiger partial charge is 0.481 e. The highest BCUT2D eigenvalue weighted by molar-refractivity contribution is 5.97. The SMILES string of the molecule is COc1ncccc1-c1cc(CC(=O)c2ccc(C(C)(C)C)cc2)nc2ccnn12. The molecule has 1 aromatic carbocycles. The molecule has 0 spiro atoms. The fourth-order valence-corrected chi connectivity index (χ4v) is 3.42. The number of rotatable bonds is 5. The molecule has 0 fully saturated rings. The smallest absolute Gasteiger partial charge is 0.222 e. The number of fused-ring (bicyclic) bond motifs is 1. The Morgan fingerprint density at radius 1 is 1.07 bits per heavy atom. The summed E-state index contributed by atoms with van der Waals surface area (Å²) in [5.41, 5.74) is 4.84. The van der Waals surface area contributed by atoms with Crippen molar-refractivity contribution in [3.05, 3.63) is 77.7 Å². The second-order valence-corrected chi connectivity index (χ2v) is 8.22. The number of ketones is 1. The van der Waals surface area contributed by atoms with Gasteiger partial charge in [0.2, 0.25) is 5.88 Å². The summed E-state index contributed by atoms with van der Waals surface area (Å²) in [6.07, 6.45) is 3.56. The van der Waals surface area contributed by atoms with Gasteiger partial charge in [0, 0.05) is 17.8 Å². The van der Waals surface area contributed by atoms with Crippen molar-refractivity contribution < 1.29 is 9.53 Å². The predicted octanol–water partition coefficient (Wildman–Crippen LogP) is 4.52. The van der Waals surface area contributed by atoms with Gasteiger partial charge in [0.1, 0.15) is 0 Å². The number of nitrogens with zero attached hydrogens (tertiary/aromatic N) is 4. The molecular weight excluding hydrogens is 376 g/mol. The van der Waals surface area contributed by atoms with E-state index in [1.807, 2.05) is 48.5 Å². The third-order valence-electron chi connectivity index (χ3n) is 5.07. The van der Waals surface area contributed by atoms with Crippen molar-refractivity contribution in [2.75, 3.05) is 7.11 Å². The van der Waals surface area contributed by atoms with Crippen molar-refractivity contribution in [3.63, 3.8) is 0 Å². The molecule has 3 heterocycles. The van der Waals surface area contributed by atoms with Crippen LogP contribution in [0.5, 0.6) is 5.88 Å². The van der Waals surface area contributed by atoms with Crippen molar-refractivity contribution in [2.45, 2.75) is 32.6 Å². The van der Waals surface area contributed by atoms with E-state index in [0.29, 0.717) is 22.8 Å². The van der Waals surface area contributed by atoms with Crippen molar-refractivity contribution in [1.82, 2.24) is 19.6 Å². The number of hydrogen-bond acceptors (Lipinski definition) is 5. The maximum Gasteiger partial charge on any atom is 0.222 e. The lowest BCUT2D eigenvalue weighted by Gasteiger charge is -2.19. The minimum absolute atomic E-state index is 0.0240. The zero-order valence-corrected chi connectivity index (χ0v) is 17.6. The van der Waals surface area contributed by atoms with E-state index in [2.05, 4.69) is 35.8 Å². The van der Waals surface area contributed by atoms with E-state index in [9.17, 15) is 4.79 Å². The number of methoxy groups -OCH3 is 1. The Balaban J connectivity index is 1.69. The molecule has 0 N–H and O–H groups in total. The first kappa shape index (κ1) is 19.8. The summed E-state index contributed by atoms with van der Waals surface area (Å²) in [4.78, 5) is 21.8. The third-order valence-corrected chi connectivity index (χ3v) is 5.07. The molecule has 0 aliphatic rings. The second kappa shape index (κ2) is 7.71. The summed E-state index contributed by atoms with van der Waals surface area (Å²) in [5.74, 6) is 0.520. The molecule has 0 aliphatic heterocycles. The lowest BCUT2D eigenvalue weighted by molar-refractivity contribution is 0.0992. The summed E-state index contributed by atoms with van der Waals surface area (Å²) in [5, 5.41) is 4.37. The molecule has 3 aromatic heterocycles. The van der Waals surface area contributed by atoms with E-state index in [-0.39, 0.29) is 17.6 Å². The Labute approximate surface area is 175 Å². The molecule has 0 saturated carbocycles.